The van der Waals surface area contributed by atoms with E-state index in [1.807, 2.05) is 11.0 Å². The van der Waals surface area contributed by atoms with Crippen LogP contribution in [0.25, 0.3) is 0 Å². The average Bonchev–Trinajstić information content (AvgIpc) is 3.19. The van der Waals surface area contributed by atoms with Crippen molar-refractivity contribution in [3.63, 3.8) is 0 Å². The van der Waals surface area contributed by atoms with E-state index < -0.39 is 0 Å². The van der Waals surface area contributed by atoms with Gasteiger partial charge in [-0.1, -0.05) is 0 Å². The van der Waals surface area contributed by atoms with Gasteiger partial charge in [0.25, 0.3) is 0 Å². The number of anilines is 1. The number of hydrogen-bond acceptors (Lipinski definition) is 6. The van der Waals surface area contributed by atoms with Crippen molar-refractivity contribution in [3.8, 4) is 5.88 Å². The summed E-state index contributed by atoms with van der Waals surface area (Å²) in [6.45, 7) is 4.89. The van der Waals surface area contributed by atoms with Crippen molar-refractivity contribution >= 4 is 11.8 Å². The molecule has 1 spiro atoms. The van der Waals surface area contributed by atoms with Crippen LogP contribution in [-0.4, -0.2) is 72.9 Å². The summed E-state index contributed by atoms with van der Waals surface area (Å²) in [6, 6.07) is 1.93. The highest BCUT2D eigenvalue weighted by Crippen LogP contribution is 2.38. The Morgan fingerprint density at radius 2 is 2.19 bits per heavy atom. The number of urea groups is 1. The van der Waals surface area contributed by atoms with Gasteiger partial charge in [-0.2, -0.15) is 0 Å². The second-order valence-corrected chi connectivity index (χ2v) is 7.55. The molecule has 0 bridgehead atoms. The summed E-state index contributed by atoms with van der Waals surface area (Å²) in [5.74, 6) is 1.86. The molecule has 1 aromatic rings. The Hall–Kier alpha value is -2.09. The normalized spacial score (nSPS) is 24.4. The first-order valence-electron chi connectivity index (χ1n) is 9.45. The SMILES string of the molecule is COc1cc(N2CC3(CC[C@H](CNC(=O)N4CCCC4)CO3)C2)ncn1. The fraction of sp³-hybridized carbons (Fsp3) is 0.722. The van der Waals surface area contributed by atoms with Gasteiger partial charge < -0.3 is 24.6 Å². The molecule has 8 nitrogen and oxygen atoms in total. The molecule has 0 saturated carbocycles. The molecule has 3 aliphatic rings. The van der Waals surface area contributed by atoms with Crippen LogP contribution in [0.5, 0.6) is 5.88 Å². The molecule has 0 unspecified atom stereocenters. The van der Waals surface area contributed by atoms with Gasteiger partial charge in [0.2, 0.25) is 5.88 Å². The molecule has 3 saturated heterocycles. The van der Waals surface area contributed by atoms with Crippen LogP contribution in [0.2, 0.25) is 0 Å². The number of rotatable bonds is 4. The third-order valence-electron chi connectivity index (χ3n) is 5.69. The number of nitrogens with one attached hydrogen (secondary N) is 1. The number of ether oxygens (including phenoxy) is 2. The maximum atomic E-state index is 12.1. The van der Waals surface area contributed by atoms with Crippen molar-refractivity contribution in [2.45, 2.75) is 31.3 Å². The molecule has 8 heteroatoms. The number of likely N-dealkylation sites (tertiary alicyclic amines) is 1. The molecule has 26 heavy (non-hydrogen) atoms. The third-order valence-corrected chi connectivity index (χ3v) is 5.69. The molecule has 1 aromatic heterocycles. The molecule has 0 aliphatic carbocycles. The lowest BCUT2D eigenvalue weighted by Crippen LogP contribution is -2.65. The van der Waals surface area contributed by atoms with Crippen LogP contribution in [0, 0.1) is 5.92 Å². The molecule has 0 radical (unpaired) electrons. The lowest BCUT2D eigenvalue weighted by Gasteiger charge is -2.53. The maximum Gasteiger partial charge on any atom is 0.317 e. The van der Waals surface area contributed by atoms with E-state index in [-0.39, 0.29) is 11.6 Å². The zero-order chi connectivity index (χ0) is 18.0. The molecule has 142 valence electrons. The Bertz CT molecular complexity index is 633. The van der Waals surface area contributed by atoms with E-state index in [1.165, 1.54) is 6.33 Å². The summed E-state index contributed by atoms with van der Waals surface area (Å²) in [5.41, 5.74) is -0.0619. The van der Waals surface area contributed by atoms with Crippen molar-refractivity contribution in [3.05, 3.63) is 12.4 Å². The van der Waals surface area contributed by atoms with Crippen LogP contribution in [0.15, 0.2) is 12.4 Å². The predicted octanol–water partition coefficient (Wildman–Crippen LogP) is 1.28. The quantitative estimate of drug-likeness (QED) is 0.870. The number of amides is 2. The molecular weight excluding hydrogens is 334 g/mol. The summed E-state index contributed by atoms with van der Waals surface area (Å²) >= 11 is 0. The fourth-order valence-electron chi connectivity index (χ4n) is 4.02. The highest BCUT2D eigenvalue weighted by Gasteiger charge is 2.47. The minimum absolute atomic E-state index is 0.0619. The maximum absolute atomic E-state index is 12.1. The van der Waals surface area contributed by atoms with E-state index in [2.05, 4.69) is 20.2 Å². The lowest BCUT2D eigenvalue weighted by molar-refractivity contribution is -0.115. The van der Waals surface area contributed by atoms with Gasteiger partial charge in [0.1, 0.15) is 17.7 Å². The van der Waals surface area contributed by atoms with Gasteiger partial charge in [0.05, 0.1) is 26.8 Å². The van der Waals surface area contributed by atoms with E-state index in [1.54, 1.807) is 7.11 Å². The molecule has 3 fully saturated rings. The zero-order valence-corrected chi connectivity index (χ0v) is 15.3. The van der Waals surface area contributed by atoms with Crippen molar-refractivity contribution < 1.29 is 14.3 Å². The number of nitrogens with zero attached hydrogens (tertiary/aromatic N) is 4. The Labute approximate surface area is 153 Å². The van der Waals surface area contributed by atoms with Crippen LogP contribution in [-0.2, 0) is 4.74 Å². The van der Waals surface area contributed by atoms with Crippen molar-refractivity contribution in [2.24, 2.45) is 5.92 Å². The topological polar surface area (TPSA) is 79.8 Å². The number of methoxy groups -OCH3 is 1. The fourth-order valence-corrected chi connectivity index (χ4v) is 4.02. The first-order chi connectivity index (χ1) is 12.7. The summed E-state index contributed by atoms with van der Waals surface area (Å²) in [5, 5.41) is 3.07. The largest absolute Gasteiger partial charge is 0.481 e. The van der Waals surface area contributed by atoms with Crippen molar-refractivity contribution in [1.82, 2.24) is 20.2 Å². The van der Waals surface area contributed by atoms with E-state index in [0.29, 0.717) is 24.9 Å². The van der Waals surface area contributed by atoms with Gasteiger partial charge in [-0.05, 0) is 31.6 Å². The number of aromatic nitrogens is 2. The van der Waals surface area contributed by atoms with Gasteiger partial charge in [-0.15, -0.1) is 0 Å². The van der Waals surface area contributed by atoms with E-state index >= 15 is 0 Å². The van der Waals surface area contributed by atoms with Crippen LogP contribution >= 0.6 is 0 Å². The average molecular weight is 361 g/mol. The number of carbonyl (C=O) groups excluding carboxylic acids is 1. The Morgan fingerprint density at radius 1 is 1.38 bits per heavy atom. The standard InChI is InChI=1S/C18H27N5O3/c1-25-16-8-15(20-13-21-16)23-11-18(12-23)5-4-14(10-26-18)9-19-17(24)22-6-2-3-7-22/h8,13-14H,2-7,9-12H2,1H3,(H,19,24)/t14-/m1/s1. The molecule has 1 N–H and O–H groups in total. The highest BCUT2D eigenvalue weighted by molar-refractivity contribution is 5.74. The van der Waals surface area contributed by atoms with Crippen LogP contribution in [0.4, 0.5) is 10.6 Å². The van der Waals surface area contributed by atoms with E-state index in [4.69, 9.17) is 9.47 Å². The Balaban J connectivity index is 1.21. The third kappa shape index (κ3) is 3.56. The minimum atomic E-state index is -0.0619. The zero-order valence-electron chi connectivity index (χ0n) is 15.3. The lowest BCUT2D eigenvalue weighted by atomic mass is 9.83. The smallest absolute Gasteiger partial charge is 0.317 e. The molecule has 4 heterocycles. The van der Waals surface area contributed by atoms with Crippen LogP contribution in [0.1, 0.15) is 25.7 Å². The summed E-state index contributed by atoms with van der Waals surface area (Å²) < 4.78 is 11.4. The Morgan fingerprint density at radius 3 is 2.88 bits per heavy atom. The van der Waals surface area contributed by atoms with Gasteiger partial charge >= 0.3 is 6.03 Å². The molecule has 0 aromatic carbocycles. The monoisotopic (exact) mass is 361 g/mol. The van der Waals surface area contributed by atoms with Gasteiger partial charge in [0, 0.05) is 25.7 Å². The molecule has 2 amide bonds. The minimum Gasteiger partial charge on any atom is -0.481 e. The summed E-state index contributed by atoms with van der Waals surface area (Å²) in [7, 11) is 1.61. The number of carbonyl (C=O) groups is 1. The Kier molecular flexibility index (Phi) is 4.84. The molecule has 3 aliphatic heterocycles. The second-order valence-electron chi connectivity index (χ2n) is 7.55. The summed E-state index contributed by atoms with van der Waals surface area (Å²) in [6.07, 6.45) is 5.88. The van der Waals surface area contributed by atoms with Gasteiger partial charge in [-0.3, -0.25) is 0 Å². The summed E-state index contributed by atoms with van der Waals surface area (Å²) in [4.78, 5) is 24.5. The molecule has 4 rings (SSSR count). The molecular formula is C18H27N5O3. The second kappa shape index (κ2) is 7.26. The van der Waals surface area contributed by atoms with Crippen LogP contribution in [0.3, 0.4) is 0 Å². The van der Waals surface area contributed by atoms with Crippen molar-refractivity contribution in [2.75, 3.05) is 51.3 Å². The van der Waals surface area contributed by atoms with Crippen molar-refractivity contribution in [1.29, 1.82) is 0 Å². The predicted molar refractivity (Wildman–Crippen MR) is 96.4 cm³/mol. The first-order valence-corrected chi connectivity index (χ1v) is 9.45. The van der Waals surface area contributed by atoms with Crippen LogP contribution < -0.4 is 15.0 Å². The highest BCUT2D eigenvalue weighted by atomic mass is 16.5. The first kappa shape index (κ1) is 17.3. The molecule has 1 atom stereocenters. The van der Waals surface area contributed by atoms with Gasteiger partial charge in [-0.25, -0.2) is 14.8 Å². The van der Waals surface area contributed by atoms with E-state index in [9.17, 15) is 4.79 Å². The van der Waals surface area contributed by atoms with E-state index in [0.717, 1.165) is 57.7 Å². The number of hydrogen-bond donors (Lipinski definition) is 1. The van der Waals surface area contributed by atoms with Gasteiger partial charge in [0.15, 0.2) is 0 Å².